The highest BCUT2D eigenvalue weighted by Crippen LogP contribution is 2.09. The minimum Gasteiger partial charge on any atom is -0.464 e. The zero-order valence-corrected chi connectivity index (χ0v) is 14.1. The van der Waals surface area contributed by atoms with Gasteiger partial charge in [0.05, 0.1) is 12.4 Å². The summed E-state index contributed by atoms with van der Waals surface area (Å²) in [7, 11) is -3.40. The maximum atomic E-state index is 11.9. The molecule has 0 saturated carbocycles. The lowest BCUT2D eigenvalue weighted by Crippen LogP contribution is -2.41. The van der Waals surface area contributed by atoms with Crippen molar-refractivity contribution in [2.45, 2.75) is 64.3 Å². The molecule has 0 aromatic heterocycles. The number of hydrogen-bond donors (Lipinski definition) is 1. The topological polar surface area (TPSA) is 89.5 Å². The van der Waals surface area contributed by atoms with Crippen LogP contribution < -0.4 is 5.32 Å². The van der Waals surface area contributed by atoms with E-state index in [1.807, 2.05) is 0 Å². The van der Waals surface area contributed by atoms with Crippen molar-refractivity contribution in [3.05, 3.63) is 0 Å². The number of carbonyl (C=O) groups excluding carboxylic acids is 2. The van der Waals surface area contributed by atoms with Crippen LogP contribution in [-0.2, 0) is 24.2 Å². The molecule has 0 spiro atoms. The first-order chi connectivity index (χ1) is 10.4. The smallest absolute Gasteiger partial charge is 0.328 e. The highest BCUT2D eigenvalue weighted by molar-refractivity contribution is 7.92. The predicted octanol–water partition coefficient (Wildman–Crippen LogP) is 1.58. The molecule has 0 aliphatic carbocycles. The minimum absolute atomic E-state index is 0.0311. The van der Waals surface area contributed by atoms with Crippen LogP contribution in [0.5, 0.6) is 0 Å². The number of ether oxygens (including phenoxy) is 1. The van der Waals surface area contributed by atoms with Crippen molar-refractivity contribution in [2.75, 3.05) is 18.1 Å². The van der Waals surface area contributed by atoms with Crippen LogP contribution in [-0.4, -0.2) is 44.4 Å². The molecule has 6 nitrogen and oxygen atoms in total. The Kier molecular flexibility index (Phi) is 8.45. The molecule has 1 aliphatic heterocycles. The van der Waals surface area contributed by atoms with Crippen molar-refractivity contribution < 1.29 is 22.7 Å². The number of sulfone groups is 1. The zero-order chi connectivity index (χ0) is 16.4. The average molecular weight is 333 g/mol. The van der Waals surface area contributed by atoms with Crippen LogP contribution in [0.15, 0.2) is 0 Å². The number of hydrogen-bond acceptors (Lipinski definition) is 5. The van der Waals surface area contributed by atoms with E-state index in [4.69, 9.17) is 4.74 Å². The molecule has 1 saturated heterocycles. The van der Waals surface area contributed by atoms with Gasteiger partial charge in [0.1, 0.15) is 11.8 Å². The predicted molar refractivity (Wildman–Crippen MR) is 84.2 cm³/mol. The SMILES string of the molecule is CCCCCCCCCS(=O)(=O)CC(=O)N[C@H]1CCOC1=O. The molecule has 1 heterocycles. The van der Waals surface area contributed by atoms with E-state index in [2.05, 4.69) is 12.2 Å². The molecule has 128 valence electrons. The summed E-state index contributed by atoms with van der Waals surface area (Å²) in [4.78, 5) is 22.9. The van der Waals surface area contributed by atoms with Gasteiger partial charge in [-0.2, -0.15) is 0 Å². The van der Waals surface area contributed by atoms with Crippen LogP contribution in [0.25, 0.3) is 0 Å². The van der Waals surface area contributed by atoms with Gasteiger partial charge in [0, 0.05) is 6.42 Å². The van der Waals surface area contributed by atoms with Crippen molar-refractivity contribution in [1.29, 1.82) is 0 Å². The fourth-order valence-corrected chi connectivity index (χ4v) is 3.68. The standard InChI is InChI=1S/C15H27NO5S/c1-2-3-4-5-6-7-8-11-22(19,20)12-14(17)16-13-9-10-21-15(13)18/h13H,2-12H2,1H3,(H,16,17)/t13-/m0/s1. The average Bonchev–Trinajstić information content (AvgIpc) is 2.82. The largest absolute Gasteiger partial charge is 0.464 e. The van der Waals surface area contributed by atoms with Gasteiger partial charge in [0.25, 0.3) is 0 Å². The van der Waals surface area contributed by atoms with E-state index in [0.29, 0.717) is 12.8 Å². The molecule has 1 N–H and O–H groups in total. The summed E-state index contributed by atoms with van der Waals surface area (Å²) in [5, 5.41) is 2.42. The molecule has 0 aromatic carbocycles. The van der Waals surface area contributed by atoms with E-state index in [1.165, 1.54) is 19.3 Å². The Morgan fingerprint density at radius 2 is 1.82 bits per heavy atom. The quantitative estimate of drug-likeness (QED) is 0.458. The Bertz CT molecular complexity index is 461. The fourth-order valence-electron chi connectivity index (χ4n) is 2.41. The van der Waals surface area contributed by atoms with E-state index in [9.17, 15) is 18.0 Å². The number of esters is 1. The van der Waals surface area contributed by atoms with Crippen LogP contribution in [0.1, 0.15) is 58.3 Å². The van der Waals surface area contributed by atoms with Crippen LogP contribution in [0, 0.1) is 0 Å². The lowest BCUT2D eigenvalue weighted by Gasteiger charge is -2.09. The van der Waals surface area contributed by atoms with Gasteiger partial charge in [0.2, 0.25) is 5.91 Å². The number of rotatable bonds is 11. The summed E-state index contributed by atoms with van der Waals surface area (Å²) < 4.78 is 28.4. The van der Waals surface area contributed by atoms with Gasteiger partial charge in [-0.05, 0) is 6.42 Å². The number of carbonyl (C=O) groups is 2. The highest BCUT2D eigenvalue weighted by Gasteiger charge is 2.29. The molecule has 0 aromatic rings. The minimum atomic E-state index is -3.40. The molecule has 0 bridgehead atoms. The zero-order valence-electron chi connectivity index (χ0n) is 13.3. The maximum absolute atomic E-state index is 11.9. The van der Waals surface area contributed by atoms with Crippen LogP contribution >= 0.6 is 0 Å². The molecule has 1 atom stereocenters. The van der Waals surface area contributed by atoms with Gasteiger partial charge < -0.3 is 10.1 Å². The second-order valence-corrected chi connectivity index (χ2v) is 7.97. The third-order valence-corrected chi connectivity index (χ3v) is 5.29. The van der Waals surface area contributed by atoms with E-state index < -0.39 is 33.5 Å². The van der Waals surface area contributed by atoms with Crippen molar-refractivity contribution in [1.82, 2.24) is 5.32 Å². The number of cyclic esters (lactones) is 1. The molecular weight excluding hydrogens is 306 g/mol. The summed E-state index contributed by atoms with van der Waals surface area (Å²) in [6.45, 7) is 2.43. The molecule has 22 heavy (non-hydrogen) atoms. The molecule has 1 rings (SSSR count). The van der Waals surface area contributed by atoms with Gasteiger partial charge >= 0.3 is 5.97 Å². The van der Waals surface area contributed by atoms with Crippen molar-refractivity contribution >= 4 is 21.7 Å². The van der Waals surface area contributed by atoms with Crippen molar-refractivity contribution in [2.24, 2.45) is 0 Å². The summed E-state index contributed by atoms with van der Waals surface area (Å²) in [5.74, 6) is -1.62. The molecule has 0 unspecified atom stereocenters. The molecule has 1 fully saturated rings. The first-order valence-corrected chi connectivity index (χ1v) is 9.93. The second-order valence-electron chi connectivity index (χ2n) is 5.79. The van der Waals surface area contributed by atoms with Crippen LogP contribution in [0.2, 0.25) is 0 Å². The van der Waals surface area contributed by atoms with E-state index in [1.54, 1.807) is 0 Å². The number of nitrogens with one attached hydrogen (secondary N) is 1. The van der Waals surface area contributed by atoms with Gasteiger partial charge in [-0.3, -0.25) is 4.79 Å². The van der Waals surface area contributed by atoms with E-state index >= 15 is 0 Å². The monoisotopic (exact) mass is 333 g/mol. The molecular formula is C15H27NO5S. The Hall–Kier alpha value is -1.11. The molecule has 0 radical (unpaired) electrons. The van der Waals surface area contributed by atoms with Crippen molar-refractivity contribution in [3.63, 3.8) is 0 Å². The van der Waals surface area contributed by atoms with Gasteiger partial charge in [-0.1, -0.05) is 45.4 Å². The van der Waals surface area contributed by atoms with E-state index in [0.717, 1.165) is 19.3 Å². The summed E-state index contributed by atoms with van der Waals surface area (Å²) >= 11 is 0. The lowest BCUT2D eigenvalue weighted by molar-refractivity contribution is -0.141. The summed E-state index contributed by atoms with van der Waals surface area (Å²) in [5.41, 5.74) is 0. The van der Waals surface area contributed by atoms with E-state index in [-0.39, 0.29) is 12.4 Å². The highest BCUT2D eigenvalue weighted by atomic mass is 32.2. The van der Waals surface area contributed by atoms with Crippen molar-refractivity contribution in [3.8, 4) is 0 Å². The normalized spacial score (nSPS) is 18.2. The Morgan fingerprint density at radius 1 is 1.18 bits per heavy atom. The Balaban J connectivity index is 2.17. The molecule has 7 heteroatoms. The maximum Gasteiger partial charge on any atom is 0.328 e. The Labute approximate surface area is 132 Å². The second kappa shape index (κ2) is 9.82. The first kappa shape index (κ1) is 18.9. The Morgan fingerprint density at radius 3 is 2.41 bits per heavy atom. The summed E-state index contributed by atoms with van der Waals surface area (Å²) in [6.07, 6.45) is 7.66. The van der Waals surface area contributed by atoms with Crippen LogP contribution in [0.4, 0.5) is 0 Å². The van der Waals surface area contributed by atoms with Gasteiger partial charge in [0.15, 0.2) is 9.84 Å². The molecule has 1 aliphatic rings. The number of unbranched alkanes of at least 4 members (excludes halogenated alkanes) is 6. The summed E-state index contributed by atoms with van der Waals surface area (Å²) in [6, 6.07) is -0.693. The van der Waals surface area contributed by atoms with Gasteiger partial charge in [-0.15, -0.1) is 0 Å². The lowest BCUT2D eigenvalue weighted by atomic mass is 10.1. The van der Waals surface area contributed by atoms with Gasteiger partial charge in [-0.25, -0.2) is 13.2 Å². The van der Waals surface area contributed by atoms with Crippen LogP contribution in [0.3, 0.4) is 0 Å². The fraction of sp³-hybridized carbons (Fsp3) is 0.867. The third kappa shape index (κ3) is 7.77. The first-order valence-electron chi connectivity index (χ1n) is 8.11. The number of amides is 1. The third-order valence-electron chi connectivity index (χ3n) is 3.68. The molecule has 1 amide bonds.